The minimum Gasteiger partial charge on any atom is -0.348 e. The van der Waals surface area contributed by atoms with E-state index < -0.39 is 0 Å². The fourth-order valence-electron chi connectivity index (χ4n) is 4.02. The predicted octanol–water partition coefficient (Wildman–Crippen LogP) is 3.93. The normalized spacial score (nSPS) is 22.4. The molecule has 1 saturated carbocycles. The van der Waals surface area contributed by atoms with Gasteiger partial charge in [-0.25, -0.2) is 4.79 Å². The lowest BCUT2D eigenvalue weighted by atomic mass is 9.86. The molecule has 2 aliphatic rings. The number of fused-ring (bicyclic) bond motifs is 1. The molecule has 0 spiro atoms. The molecule has 1 atom stereocenters. The molecule has 1 aliphatic carbocycles. The van der Waals surface area contributed by atoms with Crippen molar-refractivity contribution >= 4 is 6.03 Å². The number of nitrogens with one attached hydrogen (secondary N) is 1. The van der Waals surface area contributed by atoms with Gasteiger partial charge in [0.05, 0.1) is 6.04 Å². The SMILES string of the molecule is CC1c2cccn2CCN1C(=O)NCCCC1CCCCC1. The molecule has 2 amide bonds. The van der Waals surface area contributed by atoms with E-state index in [1.807, 2.05) is 4.90 Å². The molecule has 3 rings (SSSR count). The van der Waals surface area contributed by atoms with Crippen LogP contribution >= 0.6 is 0 Å². The van der Waals surface area contributed by atoms with Crippen molar-refractivity contribution in [2.75, 3.05) is 13.1 Å². The summed E-state index contributed by atoms with van der Waals surface area (Å²) >= 11 is 0. The van der Waals surface area contributed by atoms with E-state index in [-0.39, 0.29) is 12.1 Å². The van der Waals surface area contributed by atoms with Gasteiger partial charge in [0.15, 0.2) is 0 Å². The zero-order chi connectivity index (χ0) is 15.4. The lowest BCUT2D eigenvalue weighted by Gasteiger charge is -2.35. The molecule has 22 heavy (non-hydrogen) atoms. The molecule has 4 heteroatoms. The molecule has 1 unspecified atom stereocenters. The van der Waals surface area contributed by atoms with E-state index in [0.717, 1.165) is 32.0 Å². The van der Waals surface area contributed by atoms with Crippen molar-refractivity contribution in [1.29, 1.82) is 0 Å². The Morgan fingerprint density at radius 1 is 1.27 bits per heavy atom. The van der Waals surface area contributed by atoms with Gasteiger partial charge in [0.25, 0.3) is 0 Å². The Bertz CT molecular complexity index is 490. The Morgan fingerprint density at radius 3 is 2.91 bits per heavy atom. The van der Waals surface area contributed by atoms with E-state index in [9.17, 15) is 4.79 Å². The highest BCUT2D eigenvalue weighted by molar-refractivity contribution is 5.74. The summed E-state index contributed by atoms with van der Waals surface area (Å²) in [7, 11) is 0. The molecule has 2 heterocycles. The van der Waals surface area contributed by atoms with Gasteiger partial charge in [0.1, 0.15) is 0 Å². The maximum absolute atomic E-state index is 12.4. The molecule has 1 aromatic heterocycles. The van der Waals surface area contributed by atoms with Crippen LogP contribution in [0.1, 0.15) is 63.6 Å². The average Bonchev–Trinajstić information content (AvgIpc) is 3.02. The number of carbonyl (C=O) groups excluding carboxylic acids is 1. The van der Waals surface area contributed by atoms with Crippen LogP contribution in [0.15, 0.2) is 18.3 Å². The van der Waals surface area contributed by atoms with Crippen LogP contribution in [-0.2, 0) is 6.54 Å². The first-order chi connectivity index (χ1) is 10.8. The number of hydrogen-bond acceptors (Lipinski definition) is 1. The monoisotopic (exact) mass is 303 g/mol. The molecule has 0 saturated heterocycles. The lowest BCUT2D eigenvalue weighted by molar-refractivity contribution is 0.162. The minimum absolute atomic E-state index is 0.101. The van der Waals surface area contributed by atoms with Gasteiger partial charge in [-0.3, -0.25) is 0 Å². The van der Waals surface area contributed by atoms with Crippen LogP contribution in [0.3, 0.4) is 0 Å². The molecule has 1 aromatic rings. The summed E-state index contributed by atoms with van der Waals surface area (Å²) in [6.07, 6.45) is 11.5. The molecular weight excluding hydrogens is 274 g/mol. The first kappa shape index (κ1) is 15.4. The standard InChI is InChI=1S/C18H29N3O/c1-15-17-10-6-12-20(17)13-14-21(15)18(22)19-11-5-9-16-7-3-2-4-8-16/h6,10,12,15-16H,2-5,7-9,11,13-14H2,1H3,(H,19,22). The quantitative estimate of drug-likeness (QED) is 0.841. The second kappa shape index (κ2) is 7.21. The molecule has 0 radical (unpaired) electrons. The van der Waals surface area contributed by atoms with Gasteiger partial charge in [-0.15, -0.1) is 0 Å². The van der Waals surface area contributed by atoms with Crippen molar-refractivity contribution in [3.8, 4) is 0 Å². The fourth-order valence-corrected chi connectivity index (χ4v) is 4.02. The van der Waals surface area contributed by atoms with Gasteiger partial charge < -0.3 is 14.8 Å². The van der Waals surface area contributed by atoms with E-state index in [4.69, 9.17) is 0 Å². The molecule has 1 fully saturated rings. The van der Waals surface area contributed by atoms with Crippen molar-refractivity contribution in [3.63, 3.8) is 0 Å². The molecule has 0 bridgehead atoms. The zero-order valence-corrected chi connectivity index (χ0v) is 13.8. The number of rotatable bonds is 4. The second-order valence-corrected chi connectivity index (χ2v) is 6.87. The molecule has 122 valence electrons. The number of aromatic nitrogens is 1. The van der Waals surface area contributed by atoms with Gasteiger partial charge in [0.2, 0.25) is 0 Å². The van der Waals surface area contributed by atoms with E-state index in [0.29, 0.717) is 0 Å². The summed E-state index contributed by atoms with van der Waals surface area (Å²) < 4.78 is 2.25. The summed E-state index contributed by atoms with van der Waals surface area (Å²) in [5.74, 6) is 0.905. The largest absolute Gasteiger partial charge is 0.348 e. The van der Waals surface area contributed by atoms with Crippen LogP contribution in [0, 0.1) is 5.92 Å². The molecule has 4 nitrogen and oxygen atoms in total. The smallest absolute Gasteiger partial charge is 0.318 e. The average molecular weight is 303 g/mol. The Balaban J connectivity index is 1.41. The highest BCUT2D eigenvalue weighted by atomic mass is 16.2. The van der Waals surface area contributed by atoms with Crippen molar-refractivity contribution in [2.45, 2.75) is 64.5 Å². The van der Waals surface area contributed by atoms with Crippen molar-refractivity contribution in [2.24, 2.45) is 5.92 Å². The maximum Gasteiger partial charge on any atom is 0.318 e. The predicted molar refractivity (Wildman–Crippen MR) is 88.8 cm³/mol. The number of carbonyl (C=O) groups is 1. The molecule has 0 aromatic carbocycles. The number of nitrogens with zero attached hydrogens (tertiary/aromatic N) is 2. The maximum atomic E-state index is 12.4. The first-order valence-electron chi connectivity index (χ1n) is 8.95. The molecular formula is C18H29N3O. The van der Waals surface area contributed by atoms with Crippen molar-refractivity contribution < 1.29 is 4.79 Å². The van der Waals surface area contributed by atoms with E-state index in [1.165, 1.54) is 44.2 Å². The van der Waals surface area contributed by atoms with Gasteiger partial charge in [-0.1, -0.05) is 32.1 Å². The van der Waals surface area contributed by atoms with Gasteiger partial charge >= 0.3 is 6.03 Å². The Kier molecular flexibility index (Phi) is 5.06. The van der Waals surface area contributed by atoms with Crippen molar-refractivity contribution in [1.82, 2.24) is 14.8 Å². The van der Waals surface area contributed by atoms with Gasteiger partial charge in [0, 0.05) is 31.5 Å². The second-order valence-electron chi connectivity index (χ2n) is 6.87. The Morgan fingerprint density at radius 2 is 2.09 bits per heavy atom. The van der Waals surface area contributed by atoms with Crippen LogP contribution < -0.4 is 5.32 Å². The van der Waals surface area contributed by atoms with Crippen LogP contribution in [0.2, 0.25) is 0 Å². The van der Waals surface area contributed by atoms with Crippen molar-refractivity contribution in [3.05, 3.63) is 24.0 Å². The Hall–Kier alpha value is -1.45. The highest BCUT2D eigenvalue weighted by Gasteiger charge is 2.27. The summed E-state index contributed by atoms with van der Waals surface area (Å²) in [5, 5.41) is 3.12. The third kappa shape index (κ3) is 3.47. The molecule has 1 aliphatic heterocycles. The van der Waals surface area contributed by atoms with E-state index in [2.05, 4.69) is 35.1 Å². The minimum atomic E-state index is 0.101. The first-order valence-corrected chi connectivity index (χ1v) is 8.95. The topological polar surface area (TPSA) is 37.3 Å². The third-order valence-electron chi connectivity index (χ3n) is 5.39. The highest BCUT2D eigenvalue weighted by Crippen LogP contribution is 2.27. The summed E-state index contributed by atoms with van der Waals surface area (Å²) in [6.45, 7) is 4.64. The molecule has 1 N–H and O–H groups in total. The van der Waals surface area contributed by atoms with E-state index >= 15 is 0 Å². The Labute approximate surface area is 133 Å². The lowest BCUT2D eigenvalue weighted by Crippen LogP contribution is -2.46. The third-order valence-corrected chi connectivity index (χ3v) is 5.39. The summed E-state index contributed by atoms with van der Waals surface area (Å²) in [6, 6.07) is 4.45. The number of hydrogen-bond donors (Lipinski definition) is 1. The summed E-state index contributed by atoms with van der Waals surface area (Å²) in [4.78, 5) is 14.4. The number of amides is 2. The van der Waals surface area contributed by atoms with Crippen LogP contribution in [0.25, 0.3) is 0 Å². The van der Waals surface area contributed by atoms with Gasteiger partial charge in [-0.2, -0.15) is 0 Å². The van der Waals surface area contributed by atoms with Crippen LogP contribution in [0.4, 0.5) is 4.79 Å². The van der Waals surface area contributed by atoms with Crippen LogP contribution in [0.5, 0.6) is 0 Å². The zero-order valence-electron chi connectivity index (χ0n) is 13.8. The number of urea groups is 1. The fraction of sp³-hybridized carbons (Fsp3) is 0.722. The van der Waals surface area contributed by atoms with Crippen LogP contribution in [-0.4, -0.2) is 28.6 Å². The van der Waals surface area contributed by atoms with E-state index in [1.54, 1.807) is 0 Å². The summed E-state index contributed by atoms with van der Waals surface area (Å²) in [5.41, 5.74) is 1.24. The van der Waals surface area contributed by atoms with Gasteiger partial charge in [-0.05, 0) is 37.8 Å².